The van der Waals surface area contributed by atoms with E-state index in [1.165, 1.54) is 12.1 Å². The molecule has 0 saturated carbocycles. The number of nitrogens with one attached hydrogen (secondary N) is 1. The van der Waals surface area contributed by atoms with Gasteiger partial charge in [-0.2, -0.15) is 0 Å². The molecule has 1 N–H and O–H groups in total. The van der Waals surface area contributed by atoms with Crippen LogP contribution in [0.15, 0.2) is 24.3 Å². The van der Waals surface area contributed by atoms with Gasteiger partial charge in [0.05, 0.1) is 12.2 Å². The number of halogens is 1. The highest BCUT2D eigenvalue weighted by atomic mass is 19.1. The lowest BCUT2D eigenvalue weighted by Crippen LogP contribution is -2.37. The maximum atomic E-state index is 12.9. The van der Waals surface area contributed by atoms with Crippen molar-refractivity contribution in [2.45, 2.75) is 31.6 Å². The third-order valence-corrected chi connectivity index (χ3v) is 3.47. The van der Waals surface area contributed by atoms with Crippen molar-refractivity contribution < 1.29 is 13.9 Å². The van der Waals surface area contributed by atoms with Crippen LogP contribution in [0.4, 0.5) is 4.39 Å². The molecule has 0 radical (unpaired) electrons. The smallest absolute Gasteiger partial charge is 0.123 e. The standard InChI is InChI=1S/C14H20FNO2/c1-10-13(7-8-18-10)16-9-14(17-2)11-3-5-12(15)6-4-11/h3-6,10,13-14,16H,7-9H2,1-2H3. The molecule has 2 rings (SSSR count). The Hall–Kier alpha value is -0.970. The van der Waals surface area contributed by atoms with Crippen molar-refractivity contribution in [1.29, 1.82) is 0 Å². The second-order valence-corrected chi connectivity index (χ2v) is 4.66. The minimum atomic E-state index is -0.223. The van der Waals surface area contributed by atoms with Crippen LogP contribution >= 0.6 is 0 Å². The quantitative estimate of drug-likeness (QED) is 0.873. The summed E-state index contributed by atoms with van der Waals surface area (Å²) in [6.45, 7) is 3.60. The van der Waals surface area contributed by atoms with Gasteiger partial charge in [-0.15, -0.1) is 0 Å². The Morgan fingerprint density at radius 2 is 2.17 bits per heavy atom. The van der Waals surface area contributed by atoms with Crippen molar-refractivity contribution >= 4 is 0 Å². The van der Waals surface area contributed by atoms with Gasteiger partial charge < -0.3 is 14.8 Å². The van der Waals surface area contributed by atoms with Crippen LogP contribution < -0.4 is 5.32 Å². The highest BCUT2D eigenvalue weighted by molar-refractivity contribution is 5.19. The fourth-order valence-corrected chi connectivity index (χ4v) is 2.27. The third kappa shape index (κ3) is 3.28. The van der Waals surface area contributed by atoms with E-state index in [0.29, 0.717) is 12.6 Å². The molecule has 1 aromatic carbocycles. The Balaban J connectivity index is 1.91. The lowest BCUT2D eigenvalue weighted by Gasteiger charge is -2.21. The predicted molar refractivity (Wildman–Crippen MR) is 68.0 cm³/mol. The van der Waals surface area contributed by atoms with Gasteiger partial charge in [0.1, 0.15) is 5.82 Å². The summed E-state index contributed by atoms with van der Waals surface area (Å²) in [5, 5.41) is 3.45. The molecule has 18 heavy (non-hydrogen) atoms. The maximum Gasteiger partial charge on any atom is 0.123 e. The van der Waals surface area contributed by atoms with Crippen LogP contribution in [-0.4, -0.2) is 32.4 Å². The molecule has 1 aliphatic heterocycles. The van der Waals surface area contributed by atoms with E-state index in [4.69, 9.17) is 9.47 Å². The zero-order valence-corrected chi connectivity index (χ0v) is 10.9. The van der Waals surface area contributed by atoms with Crippen LogP contribution in [-0.2, 0) is 9.47 Å². The first-order valence-corrected chi connectivity index (χ1v) is 6.34. The van der Waals surface area contributed by atoms with Gasteiger partial charge >= 0.3 is 0 Å². The summed E-state index contributed by atoms with van der Waals surface area (Å²) < 4.78 is 23.8. The van der Waals surface area contributed by atoms with E-state index in [2.05, 4.69) is 12.2 Å². The second-order valence-electron chi connectivity index (χ2n) is 4.66. The lowest BCUT2D eigenvalue weighted by molar-refractivity contribution is 0.0867. The lowest BCUT2D eigenvalue weighted by atomic mass is 10.1. The van der Waals surface area contributed by atoms with Crippen LogP contribution in [0.5, 0.6) is 0 Å². The van der Waals surface area contributed by atoms with E-state index in [1.54, 1.807) is 19.2 Å². The molecule has 4 heteroatoms. The zero-order valence-electron chi connectivity index (χ0n) is 10.9. The van der Waals surface area contributed by atoms with Gasteiger partial charge in [-0.25, -0.2) is 4.39 Å². The normalized spacial score (nSPS) is 25.3. The number of hydrogen-bond donors (Lipinski definition) is 1. The molecule has 1 fully saturated rings. The molecule has 0 aromatic heterocycles. The molecule has 3 nitrogen and oxygen atoms in total. The van der Waals surface area contributed by atoms with E-state index in [-0.39, 0.29) is 18.0 Å². The topological polar surface area (TPSA) is 30.5 Å². The van der Waals surface area contributed by atoms with E-state index >= 15 is 0 Å². The Bertz CT molecular complexity index is 369. The zero-order chi connectivity index (χ0) is 13.0. The molecule has 3 atom stereocenters. The monoisotopic (exact) mass is 253 g/mol. The molecule has 1 saturated heterocycles. The first-order valence-electron chi connectivity index (χ1n) is 6.34. The summed E-state index contributed by atoms with van der Waals surface area (Å²) in [4.78, 5) is 0. The maximum absolute atomic E-state index is 12.9. The van der Waals surface area contributed by atoms with Crippen molar-refractivity contribution in [3.8, 4) is 0 Å². The number of hydrogen-bond acceptors (Lipinski definition) is 3. The molecule has 3 unspecified atom stereocenters. The summed E-state index contributed by atoms with van der Waals surface area (Å²) in [5.74, 6) is -0.223. The molecular formula is C14H20FNO2. The summed E-state index contributed by atoms with van der Waals surface area (Å²) in [5.41, 5.74) is 0.984. The van der Waals surface area contributed by atoms with Gasteiger partial charge in [0.25, 0.3) is 0 Å². The van der Waals surface area contributed by atoms with E-state index in [9.17, 15) is 4.39 Å². The van der Waals surface area contributed by atoms with Gasteiger partial charge in [0.2, 0.25) is 0 Å². The number of methoxy groups -OCH3 is 1. The molecule has 100 valence electrons. The largest absolute Gasteiger partial charge is 0.377 e. The number of ether oxygens (including phenoxy) is 2. The Labute approximate surface area is 107 Å². The van der Waals surface area contributed by atoms with Crippen molar-refractivity contribution in [1.82, 2.24) is 5.32 Å². The highest BCUT2D eigenvalue weighted by Gasteiger charge is 2.24. The SMILES string of the molecule is COC(CNC1CCOC1C)c1ccc(F)cc1. The summed E-state index contributed by atoms with van der Waals surface area (Å²) >= 11 is 0. The third-order valence-electron chi connectivity index (χ3n) is 3.47. The fraction of sp³-hybridized carbons (Fsp3) is 0.571. The van der Waals surface area contributed by atoms with Crippen LogP contribution in [0.25, 0.3) is 0 Å². The second kappa shape index (κ2) is 6.27. The molecule has 1 aliphatic rings. The minimum absolute atomic E-state index is 0.0570. The summed E-state index contributed by atoms with van der Waals surface area (Å²) in [7, 11) is 1.67. The minimum Gasteiger partial charge on any atom is -0.377 e. The van der Waals surface area contributed by atoms with Crippen molar-refractivity contribution in [2.75, 3.05) is 20.3 Å². The average molecular weight is 253 g/mol. The molecule has 1 heterocycles. The van der Waals surface area contributed by atoms with E-state index in [1.807, 2.05) is 0 Å². The van der Waals surface area contributed by atoms with Crippen LogP contribution in [0.2, 0.25) is 0 Å². The highest BCUT2D eigenvalue weighted by Crippen LogP contribution is 2.18. The Kier molecular flexibility index (Phi) is 4.69. The van der Waals surface area contributed by atoms with Gasteiger partial charge in [0.15, 0.2) is 0 Å². The summed E-state index contributed by atoms with van der Waals surface area (Å²) in [6, 6.07) is 6.83. The van der Waals surface area contributed by atoms with Crippen LogP contribution in [0.1, 0.15) is 25.0 Å². The molecule has 0 aliphatic carbocycles. The van der Waals surface area contributed by atoms with Crippen LogP contribution in [0, 0.1) is 5.82 Å². The van der Waals surface area contributed by atoms with Gasteiger partial charge in [-0.1, -0.05) is 12.1 Å². The molecule has 0 spiro atoms. The van der Waals surface area contributed by atoms with Crippen LogP contribution in [0.3, 0.4) is 0 Å². The Morgan fingerprint density at radius 1 is 1.44 bits per heavy atom. The van der Waals surface area contributed by atoms with E-state index in [0.717, 1.165) is 18.6 Å². The van der Waals surface area contributed by atoms with Gasteiger partial charge in [-0.05, 0) is 31.0 Å². The number of benzene rings is 1. The van der Waals surface area contributed by atoms with Crippen molar-refractivity contribution in [3.63, 3.8) is 0 Å². The fourth-order valence-electron chi connectivity index (χ4n) is 2.27. The predicted octanol–water partition coefficient (Wildman–Crippen LogP) is 2.28. The van der Waals surface area contributed by atoms with Crippen molar-refractivity contribution in [3.05, 3.63) is 35.6 Å². The molecule has 1 aromatic rings. The molecule has 0 bridgehead atoms. The molecule has 0 amide bonds. The van der Waals surface area contributed by atoms with Gasteiger partial charge in [0, 0.05) is 26.3 Å². The van der Waals surface area contributed by atoms with E-state index < -0.39 is 0 Å². The Morgan fingerprint density at radius 3 is 2.72 bits per heavy atom. The summed E-state index contributed by atoms with van der Waals surface area (Å²) in [6.07, 6.45) is 1.22. The average Bonchev–Trinajstić information content (AvgIpc) is 2.78. The molecular weight excluding hydrogens is 233 g/mol. The van der Waals surface area contributed by atoms with Gasteiger partial charge in [-0.3, -0.25) is 0 Å². The van der Waals surface area contributed by atoms with Crippen molar-refractivity contribution in [2.24, 2.45) is 0 Å². The first-order chi connectivity index (χ1) is 8.70. The number of rotatable bonds is 5. The first kappa shape index (κ1) is 13.5.